The van der Waals surface area contributed by atoms with E-state index in [4.69, 9.17) is 0 Å². The quantitative estimate of drug-likeness (QED) is 0.654. The Kier molecular flexibility index (Phi) is 2.00. The molecule has 1 N–H and O–H groups in total. The summed E-state index contributed by atoms with van der Waals surface area (Å²) in [5.41, 5.74) is 0. The largest absolute Gasteiger partial charge is 0.349 e. The average Bonchev–Trinajstić information content (AvgIpc) is 2.45. The number of carbonyl (C=O) groups is 1. The van der Waals surface area contributed by atoms with Crippen molar-refractivity contribution in [3.63, 3.8) is 0 Å². The standard InChI is InChI=1S/C8H12N4O/c1-2-6-10-11-7-5-9-8(13)3-4-12(6)7/h2-5H2,1H3,(H,9,13). The van der Waals surface area contributed by atoms with Gasteiger partial charge in [-0.2, -0.15) is 0 Å². The van der Waals surface area contributed by atoms with Crippen LogP contribution in [0.15, 0.2) is 0 Å². The number of nitrogens with one attached hydrogen (secondary N) is 1. The van der Waals surface area contributed by atoms with Crippen molar-refractivity contribution in [2.45, 2.75) is 32.9 Å². The molecule has 13 heavy (non-hydrogen) atoms. The molecule has 2 heterocycles. The van der Waals surface area contributed by atoms with Gasteiger partial charge in [-0.1, -0.05) is 6.92 Å². The van der Waals surface area contributed by atoms with Gasteiger partial charge in [-0.3, -0.25) is 4.79 Å². The number of nitrogens with zero attached hydrogens (tertiary/aromatic N) is 3. The van der Waals surface area contributed by atoms with Gasteiger partial charge < -0.3 is 9.88 Å². The Bertz CT molecular complexity index is 331. The third kappa shape index (κ3) is 1.41. The zero-order valence-electron chi connectivity index (χ0n) is 7.58. The van der Waals surface area contributed by atoms with Crippen LogP contribution in [0.3, 0.4) is 0 Å². The van der Waals surface area contributed by atoms with Crippen molar-refractivity contribution < 1.29 is 4.79 Å². The highest BCUT2D eigenvalue weighted by molar-refractivity contribution is 5.76. The molecule has 1 amide bonds. The SMILES string of the molecule is CCc1nnc2n1CCC(=O)NC2. The maximum atomic E-state index is 11.1. The lowest BCUT2D eigenvalue weighted by Gasteiger charge is -2.02. The fraction of sp³-hybridized carbons (Fsp3) is 0.625. The second-order valence-electron chi connectivity index (χ2n) is 3.06. The van der Waals surface area contributed by atoms with Gasteiger partial charge in [-0.15, -0.1) is 10.2 Å². The highest BCUT2D eigenvalue weighted by Crippen LogP contribution is 2.07. The lowest BCUT2D eigenvalue weighted by atomic mass is 10.4. The Morgan fingerprint density at radius 3 is 3.15 bits per heavy atom. The Hall–Kier alpha value is -1.39. The molecule has 0 aliphatic carbocycles. The Labute approximate surface area is 76.2 Å². The van der Waals surface area contributed by atoms with E-state index in [0.717, 1.165) is 18.1 Å². The normalized spacial score (nSPS) is 16.2. The number of hydrogen-bond acceptors (Lipinski definition) is 3. The average molecular weight is 180 g/mol. The smallest absolute Gasteiger partial charge is 0.222 e. The first-order valence-electron chi connectivity index (χ1n) is 4.49. The van der Waals surface area contributed by atoms with E-state index in [1.54, 1.807) is 0 Å². The van der Waals surface area contributed by atoms with Crippen LogP contribution in [0.5, 0.6) is 0 Å². The summed E-state index contributed by atoms with van der Waals surface area (Å²) in [6.45, 7) is 3.25. The number of amides is 1. The lowest BCUT2D eigenvalue weighted by molar-refractivity contribution is -0.121. The van der Waals surface area contributed by atoms with Gasteiger partial charge >= 0.3 is 0 Å². The van der Waals surface area contributed by atoms with E-state index in [1.807, 2.05) is 11.5 Å². The third-order valence-electron chi connectivity index (χ3n) is 2.23. The molecule has 70 valence electrons. The van der Waals surface area contributed by atoms with Crippen LogP contribution in [-0.2, 0) is 24.3 Å². The summed E-state index contributed by atoms with van der Waals surface area (Å²) in [6.07, 6.45) is 1.39. The first-order valence-corrected chi connectivity index (χ1v) is 4.49. The van der Waals surface area contributed by atoms with Crippen LogP contribution in [0.25, 0.3) is 0 Å². The summed E-state index contributed by atoms with van der Waals surface area (Å²) in [5, 5.41) is 10.8. The minimum Gasteiger partial charge on any atom is -0.349 e. The second-order valence-corrected chi connectivity index (χ2v) is 3.06. The predicted octanol–water partition coefficient (Wildman–Crippen LogP) is -0.140. The van der Waals surface area contributed by atoms with Crippen LogP contribution in [0.4, 0.5) is 0 Å². The molecule has 0 aromatic carbocycles. The van der Waals surface area contributed by atoms with E-state index in [-0.39, 0.29) is 5.91 Å². The fourth-order valence-corrected chi connectivity index (χ4v) is 1.50. The number of carbonyl (C=O) groups excluding carboxylic acids is 1. The van der Waals surface area contributed by atoms with E-state index in [0.29, 0.717) is 19.5 Å². The molecule has 5 heteroatoms. The van der Waals surface area contributed by atoms with Crippen molar-refractivity contribution in [1.82, 2.24) is 20.1 Å². The third-order valence-corrected chi connectivity index (χ3v) is 2.23. The van der Waals surface area contributed by atoms with Crippen LogP contribution in [0.1, 0.15) is 25.0 Å². The maximum Gasteiger partial charge on any atom is 0.222 e. The van der Waals surface area contributed by atoms with Crippen molar-refractivity contribution in [3.05, 3.63) is 11.6 Å². The van der Waals surface area contributed by atoms with Crippen LogP contribution in [0, 0.1) is 0 Å². The van der Waals surface area contributed by atoms with Crippen LogP contribution >= 0.6 is 0 Å². The molecule has 0 fully saturated rings. The van der Waals surface area contributed by atoms with E-state index in [1.165, 1.54) is 0 Å². The van der Waals surface area contributed by atoms with Crippen LogP contribution < -0.4 is 5.32 Å². The summed E-state index contributed by atoms with van der Waals surface area (Å²) in [7, 11) is 0. The Morgan fingerprint density at radius 1 is 1.54 bits per heavy atom. The molecule has 1 aliphatic rings. The minimum absolute atomic E-state index is 0.0903. The lowest BCUT2D eigenvalue weighted by Crippen LogP contribution is -2.20. The summed E-state index contributed by atoms with van der Waals surface area (Å²) in [4.78, 5) is 11.1. The van der Waals surface area contributed by atoms with Gasteiger partial charge in [0.1, 0.15) is 5.82 Å². The predicted molar refractivity (Wildman–Crippen MR) is 45.9 cm³/mol. The van der Waals surface area contributed by atoms with Gasteiger partial charge in [0.25, 0.3) is 0 Å². The fourth-order valence-electron chi connectivity index (χ4n) is 1.50. The first-order chi connectivity index (χ1) is 6.31. The van der Waals surface area contributed by atoms with E-state index in [9.17, 15) is 4.79 Å². The van der Waals surface area contributed by atoms with Gasteiger partial charge in [-0.25, -0.2) is 0 Å². The van der Waals surface area contributed by atoms with E-state index in [2.05, 4.69) is 15.5 Å². The molecular weight excluding hydrogens is 168 g/mol. The molecular formula is C8H12N4O. The van der Waals surface area contributed by atoms with Crippen molar-refractivity contribution in [3.8, 4) is 0 Å². The van der Waals surface area contributed by atoms with Gasteiger partial charge in [0.2, 0.25) is 5.91 Å². The molecule has 0 saturated heterocycles. The molecule has 2 rings (SSSR count). The van der Waals surface area contributed by atoms with Gasteiger partial charge in [0.15, 0.2) is 5.82 Å². The van der Waals surface area contributed by atoms with Crippen molar-refractivity contribution >= 4 is 5.91 Å². The monoisotopic (exact) mass is 180 g/mol. The zero-order chi connectivity index (χ0) is 9.26. The molecule has 0 bridgehead atoms. The molecule has 0 atom stereocenters. The number of hydrogen-bond donors (Lipinski definition) is 1. The minimum atomic E-state index is 0.0903. The number of aromatic nitrogens is 3. The summed E-state index contributed by atoms with van der Waals surface area (Å²) in [5.74, 6) is 1.92. The molecule has 0 radical (unpaired) electrons. The highest BCUT2D eigenvalue weighted by atomic mass is 16.1. The topological polar surface area (TPSA) is 59.8 Å². The van der Waals surface area contributed by atoms with E-state index >= 15 is 0 Å². The highest BCUT2D eigenvalue weighted by Gasteiger charge is 2.15. The summed E-state index contributed by atoms with van der Waals surface area (Å²) < 4.78 is 2.03. The van der Waals surface area contributed by atoms with Crippen LogP contribution in [-0.4, -0.2) is 20.7 Å². The summed E-state index contributed by atoms with van der Waals surface area (Å²) in [6, 6.07) is 0. The molecule has 1 aliphatic heterocycles. The molecule has 1 aromatic rings. The van der Waals surface area contributed by atoms with Crippen molar-refractivity contribution in [2.75, 3.05) is 0 Å². The van der Waals surface area contributed by atoms with Crippen molar-refractivity contribution in [2.24, 2.45) is 0 Å². The van der Waals surface area contributed by atoms with Gasteiger partial charge in [0.05, 0.1) is 6.54 Å². The molecule has 0 saturated carbocycles. The van der Waals surface area contributed by atoms with Crippen molar-refractivity contribution in [1.29, 1.82) is 0 Å². The van der Waals surface area contributed by atoms with Gasteiger partial charge in [-0.05, 0) is 0 Å². The molecule has 0 spiro atoms. The van der Waals surface area contributed by atoms with Crippen LogP contribution in [0.2, 0.25) is 0 Å². The molecule has 1 aromatic heterocycles. The molecule has 0 unspecified atom stereocenters. The van der Waals surface area contributed by atoms with Gasteiger partial charge in [0, 0.05) is 19.4 Å². The maximum absolute atomic E-state index is 11.1. The Balaban J connectivity index is 2.31. The second kappa shape index (κ2) is 3.16. The zero-order valence-corrected chi connectivity index (χ0v) is 7.58. The Morgan fingerprint density at radius 2 is 2.38 bits per heavy atom. The van der Waals surface area contributed by atoms with E-state index < -0.39 is 0 Å². The number of rotatable bonds is 1. The molecule has 5 nitrogen and oxygen atoms in total. The summed E-state index contributed by atoms with van der Waals surface area (Å²) >= 11 is 0. The number of aryl methyl sites for hydroxylation is 1. The number of fused-ring (bicyclic) bond motifs is 1. The first kappa shape index (κ1) is 8.22.